The molecule has 13 unspecified atom stereocenters. The lowest BCUT2D eigenvalue weighted by Gasteiger charge is -2.69. The number of likely N-dealkylation sites (N-methyl/N-ethyl adjacent to an activating group) is 1. The Labute approximate surface area is 230 Å². The van der Waals surface area contributed by atoms with Gasteiger partial charge in [0, 0.05) is 57.5 Å². The lowest BCUT2D eigenvalue weighted by Crippen LogP contribution is -2.81. The van der Waals surface area contributed by atoms with E-state index in [-0.39, 0.29) is 47.8 Å². The van der Waals surface area contributed by atoms with Gasteiger partial charge in [-0.3, -0.25) is 4.90 Å². The molecule has 7 bridgehead atoms. The number of likely N-dealkylation sites (tertiary alicyclic amines) is 1. The molecule has 7 rings (SSSR count). The Kier molecular flexibility index (Phi) is 5.74. The maximum Gasteiger partial charge on any atom is 0.338 e. The van der Waals surface area contributed by atoms with Gasteiger partial charge in [0.1, 0.15) is 17.3 Å². The smallest absolute Gasteiger partial charge is 0.338 e. The lowest BCUT2D eigenvalue weighted by atomic mass is 9.43. The molecule has 1 aliphatic heterocycles. The van der Waals surface area contributed by atoms with E-state index in [2.05, 4.69) is 18.7 Å². The van der Waals surface area contributed by atoms with Gasteiger partial charge >= 0.3 is 5.97 Å². The molecule has 1 aromatic rings. The van der Waals surface area contributed by atoms with Gasteiger partial charge in [0.05, 0.1) is 29.9 Å². The quantitative estimate of drug-likeness (QED) is 0.531. The Hall–Kier alpha value is -1.55. The second-order valence-corrected chi connectivity index (χ2v) is 13.5. The molecule has 6 aliphatic rings. The molecule has 1 heterocycles. The summed E-state index contributed by atoms with van der Waals surface area (Å²) in [5, 5.41) is 26.3. The van der Waals surface area contributed by atoms with Crippen LogP contribution in [-0.4, -0.2) is 97.2 Å². The average Bonchev–Trinajstić information content (AvgIpc) is 3.34. The number of aliphatic hydroxyl groups is 2. The maximum atomic E-state index is 13.4. The summed E-state index contributed by atoms with van der Waals surface area (Å²) in [7, 11) is 5.13. The van der Waals surface area contributed by atoms with E-state index in [1.807, 2.05) is 18.2 Å². The van der Waals surface area contributed by atoms with Crippen LogP contribution in [-0.2, 0) is 18.9 Å². The van der Waals surface area contributed by atoms with Crippen LogP contribution in [0.3, 0.4) is 0 Å². The number of nitrogens with zero attached hydrogens (tertiary/aromatic N) is 1. The van der Waals surface area contributed by atoms with Crippen molar-refractivity contribution >= 4 is 5.97 Å². The molecule has 5 saturated carbocycles. The standard InChI is InChI=1S/C31H43NO7/c1-6-32-16-28(2)13-12-21(37-4)30-19-14-18-20(36-3)15-29(34,31(35,27(30)32)25(38-5)24(28)30)22(19)23(18)39-26(33)17-10-8-7-9-11-17/h7-11,18-25,27,34-35H,6,12-16H2,1-5H3. The first-order valence-electron chi connectivity index (χ1n) is 14.7. The van der Waals surface area contributed by atoms with Crippen LogP contribution < -0.4 is 0 Å². The molecule has 214 valence electrons. The summed E-state index contributed by atoms with van der Waals surface area (Å²) in [5.74, 6) is -0.921. The number of carbonyl (C=O) groups excluding carboxylic acids is 1. The fourth-order valence-electron chi connectivity index (χ4n) is 11.6. The lowest BCUT2D eigenvalue weighted by molar-refractivity contribution is -0.316. The van der Waals surface area contributed by atoms with Crippen LogP contribution in [0.5, 0.6) is 0 Å². The molecule has 39 heavy (non-hydrogen) atoms. The van der Waals surface area contributed by atoms with Crippen LogP contribution in [0.4, 0.5) is 0 Å². The van der Waals surface area contributed by atoms with Gasteiger partial charge in [-0.15, -0.1) is 0 Å². The first-order chi connectivity index (χ1) is 18.7. The maximum absolute atomic E-state index is 13.4. The molecule has 5 aliphatic carbocycles. The van der Waals surface area contributed by atoms with Crippen molar-refractivity contribution in [3.63, 3.8) is 0 Å². The third-order valence-corrected chi connectivity index (χ3v) is 12.5. The van der Waals surface area contributed by atoms with Crippen molar-refractivity contribution in [2.24, 2.45) is 34.5 Å². The van der Waals surface area contributed by atoms with Gasteiger partial charge in [-0.1, -0.05) is 32.0 Å². The SMILES string of the molecule is CCN1CC2(C)CCC(OC)C34C5CC6C(OC)CC(O)(C5C6OC(=O)c5ccccc5)C(O)(C(OC)C23)C14. The summed E-state index contributed by atoms with van der Waals surface area (Å²) in [4.78, 5) is 15.9. The zero-order valence-electron chi connectivity index (χ0n) is 23.7. The third kappa shape index (κ3) is 2.84. The van der Waals surface area contributed by atoms with Crippen molar-refractivity contribution in [2.75, 3.05) is 34.4 Å². The largest absolute Gasteiger partial charge is 0.458 e. The van der Waals surface area contributed by atoms with Gasteiger partial charge in [0.2, 0.25) is 0 Å². The highest BCUT2D eigenvalue weighted by atomic mass is 16.6. The van der Waals surface area contributed by atoms with Gasteiger partial charge < -0.3 is 29.2 Å². The van der Waals surface area contributed by atoms with Crippen LogP contribution in [0.15, 0.2) is 30.3 Å². The zero-order valence-corrected chi connectivity index (χ0v) is 23.7. The van der Waals surface area contributed by atoms with Crippen molar-refractivity contribution in [3.8, 4) is 0 Å². The highest BCUT2D eigenvalue weighted by Gasteiger charge is 2.91. The van der Waals surface area contributed by atoms with Gasteiger partial charge in [-0.25, -0.2) is 4.79 Å². The van der Waals surface area contributed by atoms with Gasteiger partial charge in [-0.05, 0) is 49.3 Å². The van der Waals surface area contributed by atoms with Crippen LogP contribution >= 0.6 is 0 Å². The minimum atomic E-state index is -1.58. The summed E-state index contributed by atoms with van der Waals surface area (Å²) in [5.41, 5.74) is -3.20. The van der Waals surface area contributed by atoms with Crippen LogP contribution in [0.25, 0.3) is 0 Å². The van der Waals surface area contributed by atoms with E-state index in [4.69, 9.17) is 18.9 Å². The number of piperidine rings is 1. The number of carbonyl (C=O) groups is 1. The van der Waals surface area contributed by atoms with E-state index in [1.165, 1.54) is 0 Å². The molecule has 2 N–H and O–H groups in total. The van der Waals surface area contributed by atoms with Crippen molar-refractivity contribution in [1.82, 2.24) is 4.90 Å². The Balaban J connectivity index is 1.45. The topological polar surface area (TPSA) is 97.7 Å². The van der Waals surface area contributed by atoms with Crippen LogP contribution in [0.2, 0.25) is 0 Å². The van der Waals surface area contributed by atoms with E-state index >= 15 is 0 Å². The number of hydrogen-bond donors (Lipinski definition) is 2. The number of hydrogen-bond acceptors (Lipinski definition) is 8. The molecular formula is C31H43NO7. The van der Waals surface area contributed by atoms with Crippen molar-refractivity contribution in [3.05, 3.63) is 35.9 Å². The molecule has 8 heteroatoms. The van der Waals surface area contributed by atoms with E-state index < -0.39 is 40.7 Å². The molecule has 1 spiro atoms. The Morgan fingerprint density at radius 3 is 2.49 bits per heavy atom. The number of ether oxygens (including phenoxy) is 4. The molecule has 1 saturated heterocycles. The minimum absolute atomic E-state index is 0.0105. The van der Waals surface area contributed by atoms with Crippen molar-refractivity contribution in [1.29, 1.82) is 0 Å². The zero-order chi connectivity index (χ0) is 27.5. The predicted molar refractivity (Wildman–Crippen MR) is 142 cm³/mol. The Morgan fingerprint density at radius 2 is 1.85 bits per heavy atom. The molecule has 6 fully saturated rings. The third-order valence-electron chi connectivity index (χ3n) is 12.5. The average molecular weight is 542 g/mol. The van der Waals surface area contributed by atoms with Gasteiger partial charge in [0.25, 0.3) is 0 Å². The highest BCUT2D eigenvalue weighted by Crippen LogP contribution is 2.80. The summed E-state index contributed by atoms with van der Waals surface area (Å²) < 4.78 is 25.1. The molecule has 0 aromatic heterocycles. The van der Waals surface area contributed by atoms with E-state index in [0.29, 0.717) is 5.56 Å². The summed E-state index contributed by atoms with van der Waals surface area (Å²) in [6.45, 7) is 6.11. The van der Waals surface area contributed by atoms with E-state index in [1.54, 1.807) is 33.5 Å². The second-order valence-electron chi connectivity index (χ2n) is 13.5. The molecule has 0 radical (unpaired) electrons. The monoisotopic (exact) mass is 541 g/mol. The first-order valence-corrected chi connectivity index (χ1v) is 14.7. The predicted octanol–water partition coefficient (Wildman–Crippen LogP) is 2.51. The van der Waals surface area contributed by atoms with Crippen molar-refractivity contribution < 1.29 is 34.0 Å². The van der Waals surface area contributed by atoms with Crippen molar-refractivity contribution in [2.45, 2.75) is 81.2 Å². The number of rotatable bonds is 6. The highest BCUT2D eigenvalue weighted by molar-refractivity contribution is 5.89. The number of benzene rings is 1. The molecule has 8 nitrogen and oxygen atoms in total. The van der Waals surface area contributed by atoms with E-state index in [9.17, 15) is 15.0 Å². The molecule has 1 aromatic carbocycles. The van der Waals surface area contributed by atoms with Crippen LogP contribution in [0, 0.1) is 34.5 Å². The molecule has 13 atom stereocenters. The number of methoxy groups -OCH3 is 3. The fourth-order valence-corrected chi connectivity index (χ4v) is 11.6. The van der Waals surface area contributed by atoms with E-state index in [0.717, 1.165) is 32.4 Å². The minimum Gasteiger partial charge on any atom is -0.458 e. The number of fused-ring (bicyclic) bond motifs is 2. The Morgan fingerprint density at radius 1 is 1.10 bits per heavy atom. The summed E-state index contributed by atoms with van der Waals surface area (Å²) in [6.07, 6.45) is 1.32. The Bertz CT molecular complexity index is 1150. The first kappa shape index (κ1) is 26.4. The summed E-state index contributed by atoms with van der Waals surface area (Å²) >= 11 is 0. The number of esters is 1. The normalized spacial score (nSPS) is 53.1. The fraction of sp³-hybridized carbons (Fsp3) is 0.774. The van der Waals surface area contributed by atoms with Crippen LogP contribution in [0.1, 0.15) is 49.9 Å². The summed E-state index contributed by atoms with van der Waals surface area (Å²) in [6, 6.07) is 8.70. The molecular weight excluding hydrogens is 498 g/mol. The second kappa shape index (κ2) is 8.49. The van der Waals surface area contributed by atoms with Gasteiger partial charge in [-0.2, -0.15) is 0 Å². The molecule has 0 amide bonds. The van der Waals surface area contributed by atoms with Gasteiger partial charge in [0.15, 0.2) is 0 Å².